The largest absolute Gasteiger partial charge is 0.463 e. The van der Waals surface area contributed by atoms with Crippen LogP contribution in [0.3, 0.4) is 0 Å². The lowest BCUT2D eigenvalue weighted by molar-refractivity contribution is -0.185. The summed E-state index contributed by atoms with van der Waals surface area (Å²) in [6, 6.07) is 6.46. The molecule has 0 N–H and O–H groups in total. The molecule has 0 saturated carbocycles. The van der Waals surface area contributed by atoms with Crippen molar-refractivity contribution in [2.75, 3.05) is 13.2 Å². The quantitative estimate of drug-likeness (QED) is 0.598. The van der Waals surface area contributed by atoms with Crippen molar-refractivity contribution in [3.63, 3.8) is 0 Å². The van der Waals surface area contributed by atoms with Crippen molar-refractivity contribution in [2.24, 2.45) is 0 Å². The minimum Gasteiger partial charge on any atom is -0.463 e. The van der Waals surface area contributed by atoms with Crippen LogP contribution in [0.25, 0.3) is 6.08 Å². The third-order valence-corrected chi connectivity index (χ3v) is 2.39. The van der Waals surface area contributed by atoms with Crippen LogP contribution in [0.4, 0.5) is 13.2 Å². The van der Waals surface area contributed by atoms with Gasteiger partial charge in [-0.15, -0.1) is 0 Å². The van der Waals surface area contributed by atoms with Crippen LogP contribution < -0.4 is 0 Å². The van der Waals surface area contributed by atoms with E-state index in [-0.39, 0.29) is 13.0 Å². The van der Waals surface area contributed by atoms with Gasteiger partial charge in [-0.05, 0) is 24.1 Å². The molecule has 4 nitrogen and oxygen atoms in total. The highest BCUT2D eigenvalue weighted by Crippen LogP contribution is 2.15. The van der Waals surface area contributed by atoms with E-state index >= 15 is 0 Å². The van der Waals surface area contributed by atoms with E-state index in [1.165, 1.54) is 12.2 Å². The summed E-state index contributed by atoms with van der Waals surface area (Å²) in [7, 11) is 0. The van der Waals surface area contributed by atoms with E-state index in [0.29, 0.717) is 11.1 Å². The molecule has 1 aromatic carbocycles. The van der Waals surface area contributed by atoms with Crippen LogP contribution in [0.15, 0.2) is 30.3 Å². The SMILES string of the molecule is CCOC(=O)/C=C/c1cccc(CC(=O)OCC(F)(F)F)c1. The summed E-state index contributed by atoms with van der Waals surface area (Å²) in [4.78, 5) is 22.5. The van der Waals surface area contributed by atoms with Crippen LogP contribution in [0.1, 0.15) is 18.1 Å². The van der Waals surface area contributed by atoms with Gasteiger partial charge in [-0.3, -0.25) is 4.79 Å². The van der Waals surface area contributed by atoms with E-state index in [0.717, 1.165) is 0 Å². The molecule has 120 valence electrons. The summed E-state index contributed by atoms with van der Waals surface area (Å²) in [5.41, 5.74) is 1.10. The minimum absolute atomic E-state index is 0.258. The fourth-order valence-electron chi connectivity index (χ4n) is 1.54. The third-order valence-electron chi connectivity index (χ3n) is 2.39. The van der Waals surface area contributed by atoms with Crippen molar-refractivity contribution in [3.8, 4) is 0 Å². The Morgan fingerprint density at radius 1 is 1.23 bits per heavy atom. The molecule has 0 amide bonds. The molecule has 0 spiro atoms. The summed E-state index contributed by atoms with van der Waals surface area (Å²) in [5, 5.41) is 0. The number of esters is 2. The van der Waals surface area contributed by atoms with E-state index < -0.39 is 24.7 Å². The summed E-state index contributed by atoms with van der Waals surface area (Å²) in [5.74, 6) is -1.47. The molecule has 0 aliphatic heterocycles. The lowest BCUT2D eigenvalue weighted by Gasteiger charge is -2.08. The molecule has 22 heavy (non-hydrogen) atoms. The number of carbonyl (C=O) groups excluding carboxylic acids is 2. The van der Waals surface area contributed by atoms with Crippen molar-refractivity contribution >= 4 is 18.0 Å². The van der Waals surface area contributed by atoms with Crippen LogP contribution in [0.5, 0.6) is 0 Å². The Balaban J connectivity index is 2.60. The van der Waals surface area contributed by atoms with Crippen molar-refractivity contribution in [1.29, 1.82) is 0 Å². The van der Waals surface area contributed by atoms with Gasteiger partial charge < -0.3 is 9.47 Å². The maximum Gasteiger partial charge on any atom is 0.422 e. The van der Waals surface area contributed by atoms with Gasteiger partial charge >= 0.3 is 18.1 Å². The summed E-state index contributed by atoms with van der Waals surface area (Å²) < 4.78 is 44.6. The first-order valence-corrected chi connectivity index (χ1v) is 6.46. The molecule has 0 saturated heterocycles. The van der Waals surface area contributed by atoms with Crippen molar-refractivity contribution in [2.45, 2.75) is 19.5 Å². The molecule has 0 bridgehead atoms. The standard InChI is InChI=1S/C15H15F3O4/c1-2-21-13(19)7-6-11-4-3-5-12(8-11)9-14(20)22-10-15(16,17)18/h3-8H,2,9-10H2,1H3/b7-6+. The fraction of sp³-hybridized carbons (Fsp3) is 0.333. The number of halogens is 3. The molecule has 7 heteroatoms. The maximum atomic E-state index is 11.9. The molecule has 0 heterocycles. The normalized spacial score (nSPS) is 11.5. The number of hydrogen-bond donors (Lipinski definition) is 0. The number of benzene rings is 1. The highest BCUT2D eigenvalue weighted by molar-refractivity contribution is 5.87. The molecular formula is C15H15F3O4. The van der Waals surface area contributed by atoms with Gasteiger partial charge in [0.2, 0.25) is 0 Å². The highest BCUT2D eigenvalue weighted by atomic mass is 19.4. The molecule has 0 unspecified atom stereocenters. The van der Waals surface area contributed by atoms with Crippen LogP contribution in [0, 0.1) is 0 Å². The first-order valence-electron chi connectivity index (χ1n) is 6.46. The Labute approximate surface area is 125 Å². The maximum absolute atomic E-state index is 11.9. The van der Waals surface area contributed by atoms with Crippen LogP contribution in [0.2, 0.25) is 0 Å². The summed E-state index contributed by atoms with van der Waals surface area (Å²) in [6.07, 6.45) is -2.11. The van der Waals surface area contributed by atoms with E-state index in [1.807, 2.05) is 0 Å². The average molecular weight is 316 g/mol. The second-order valence-electron chi connectivity index (χ2n) is 4.28. The molecule has 1 rings (SSSR count). The van der Waals surface area contributed by atoms with Crippen LogP contribution in [-0.2, 0) is 25.5 Å². The predicted octanol–water partition coefficient (Wildman–Crippen LogP) is 2.91. The van der Waals surface area contributed by atoms with Crippen LogP contribution in [-0.4, -0.2) is 31.3 Å². The Hall–Kier alpha value is -2.31. The molecular weight excluding hydrogens is 301 g/mol. The van der Waals surface area contributed by atoms with E-state index in [2.05, 4.69) is 4.74 Å². The van der Waals surface area contributed by atoms with E-state index in [9.17, 15) is 22.8 Å². The smallest absolute Gasteiger partial charge is 0.422 e. The molecule has 0 fully saturated rings. The monoisotopic (exact) mass is 316 g/mol. The number of alkyl halides is 3. The predicted molar refractivity (Wildman–Crippen MR) is 72.8 cm³/mol. The number of hydrogen-bond acceptors (Lipinski definition) is 4. The van der Waals surface area contributed by atoms with Gasteiger partial charge in [0.15, 0.2) is 6.61 Å². The number of ether oxygens (including phenoxy) is 2. The fourth-order valence-corrected chi connectivity index (χ4v) is 1.54. The molecule has 0 aliphatic carbocycles. The second kappa shape index (κ2) is 8.21. The van der Waals surface area contributed by atoms with Gasteiger partial charge in [0, 0.05) is 6.08 Å². The van der Waals surface area contributed by atoms with Gasteiger partial charge in [-0.1, -0.05) is 24.3 Å². The first-order chi connectivity index (χ1) is 10.3. The van der Waals surface area contributed by atoms with Crippen LogP contribution >= 0.6 is 0 Å². The highest BCUT2D eigenvalue weighted by Gasteiger charge is 2.29. The lowest BCUT2D eigenvalue weighted by Crippen LogP contribution is -2.21. The number of carbonyl (C=O) groups is 2. The lowest BCUT2D eigenvalue weighted by atomic mass is 10.1. The Bertz CT molecular complexity index is 550. The second-order valence-corrected chi connectivity index (χ2v) is 4.28. The Morgan fingerprint density at radius 2 is 1.95 bits per heavy atom. The van der Waals surface area contributed by atoms with Gasteiger partial charge in [-0.25, -0.2) is 4.79 Å². The molecule has 0 aliphatic rings. The zero-order valence-corrected chi connectivity index (χ0v) is 11.9. The van der Waals surface area contributed by atoms with Gasteiger partial charge in [0.05, 0.1) is 13.0 Å². The Morgan fingerprint density at radius 3 is 2.59 bits per heavy atom. The zero-order valence-electron chi connectivity index (χ0n) is 11.9. The van der Waals surface area contributed by atoms with E-state index in [4.69, 9.17) is 4.74 Å². The Kier molecular flexibility index (Phi) is 6.62. The topological polar surface area (TPSA) is 52.6 Å². The molecule has 0 aromatic heterocycles. The molecule has 0 atom stereocenters. The third kappa shape index (κ3) is 7.47. The van der Waals surface area contributed by atoms with Crippen molar-refractivity contribution in [3.05, 3.63) is 41.5 Å². The zero-order chi connectivity index (χ0) is 16.6. The van der Waals surface area contributed by atoms with E-state index in [1.54, 1.807) is 31.2 Å². The summed E-state index contributed by atoms with van der Waals surface area (Å²) in [6.45, 7) is 0.335. The number of rotatable bonds is 6. The molecule has 1 aromatic rings. The minimum atomic E-state index is -4.54. The van der Waals surface area contributed by atoms with Crippen molar-refractivity contribution in [1.82, 2.24) is 0 Å². The van der Waals surface area contributed by atoms with Gasteiger partial charge in [-0.2, -0.15) is 13.2 Å². The average Bonchev–Trinajstić information content (AvgIpc) is 2.43. The van der Waals surface area contributed by atoms with Crippen molar-refractivity contribution < 1.29 is 32.2 Å². The first kappa shape index (κ1) is 17.7. The van der Waals surface area contributed by atoms with Gasteiger partial charge in [0.1, 0.15) is 0 Å². The van der Waals surface area contributed by atoms with Gasteiger partial charge in [0.25, 0.3) is 0 Å². The molecule has 0 radical (unpaired) electrons. The summed E-state index contributed by atoms with van der Waals surface area (Å²) >= 11 is 0.